The molecule has 4 bridgehead atoms. The molecule has 66 heavy (non-hydrogen) atoms. The molecule has 0 radical (unpaired) electrons. The van der Waals surface area contributed by atoms with E-state index in [0.717, 1.165) is 26.2 Å². The molecule has 0 amide bonds. The standard InChI is InChI=1S/C47H46Cl2F3N7O6S/c1-26-36-27(2)40(49)41(39(26)48)64-33(22-58-18-16-57(3)17-19-58)24-62-32-8-9-34(63-23-31-10-13-53-46(56-31)59-14-11-47(51,52)12-15-59)29(20-32)21-35(45(60)61)65-43-38-37(36)42(66-44(38)55-25-54-43)28-4-6-30(50)7-5-28/h4-10,13,20,25,33,35H,11-12,14-19,21-24H2,1-3H3,(H,60,61)/t33-,35-/m1/s1. The second kappa shape index (κ2) is 19.0. The fourth-order valence-electron chi connectivity index (χ4n) is 8.52. The fraction of sp³-hybridized carbons (Fsp3) is 0.383. The van der Waals surface area contributed by atoms with E-state index in [0.29, 0.717) is 83.9 Å². The predicted molar refractivity (Wildman–Crippen MR) is 247 cm³/mol. The van der Waals surface area contributed by atoms with Gasteiger partial charge in [-0.2, -0.15) is 0 Å². The Hall–Kier alpha value is -5.46. The number of aromatic nitrogens is 4. The smallest absolute Gasteiger partial charge is 0.345 e. The van der Waals surface area contributed by atoms with Crippen molar-refractivity contribution in [1.29, 1.82) is 0 Å². The third-order valence-corrected chi connectivity index (χ3v) is 14.3. The van der Waals surface area contributed by atoms with Gasteiger partial charge in [-0.1, -0.05) is 35.3 Å². The molecule has 13 nitrogen and oxygen atoms in total. The number of carboxylic acid groups (broad SMARTS) is 1. The molecule has 0 saturated carbocycles. The minimum Gasteiger partial charge on any atom is -0.490 e. The van der Waals surface area contributed by atoms with Crippen LogP contribution in [0.25, 0.3) is 31.8 Å². The summed E-state index contributed by atoms with van der Waals surface area (Å²) in [6.45, 7) is 7.86. The first-order valence-corrected chi connectivity index (χ1v) is 23.1. The molecule has 3 aromatic heterocycles. The lowest BCUT2D eigenvalue weighted by atomic mass is 9.92. The van der Waals surface area contributed by atoms with Crippen molar-refractivity contribution in [2.75, 3.05) is 64.4 Å². The largest absolute Gasteiger partial charge is 0.490 e. The van der Waals surface area contributed by atoms with Gasteiger partial charge in [-0.3, -0.25) is 4.90 Å². The summed E-state index contributed by atoms with van der Waals surface area (Å²) in [6, 6.07) is 12.8. The minimum absolute atomic E-state index is 0.00574. The van der Waals surface area contributed by atoms with Crippen LogP contribution >= 0.6 is 34.5 Å². The van der Waals surface area contributed by atoms with Crippen molar-refractivity contribution >= 4 is 56.7 Å². The van der Waals surface area contributed by atoms with Crippen molar-refractivity contribution in [3.63, 3.8) is 0 Å². The third kappa shape index (κ3) is 9.67. The van der Waals surface area contributed by atoms with Gasteiger partial charge in [0.15, 0.2) is 5.75 Å². The zero-order valence-corrected chi connectivity index (χ0v) is 38.7. The van der Waals surface area contributed by atoms with Crippen LogP contribution in [-0.4, -0.2) is 118 Å². The number of ether oxygens (including phenoxy) is 4. The lowest BCUT2D eigenvalue weighted by Gasteiger charge is -2.35. The quantitative estimate of drug-likeness (QED) is 0.156. The Morgan fingerprint density at radius 3 is 2.38 bits per heavy atom. The molecule has 2 fully saturated rings. The number of hydrogen-bond acceptors (Lipinski definition) is 13. The monoisotopic (exact) mass is 963 g/mol. The van der Waals surface area contributed by atoms with Crippen molar-refractivity contribution in [3.8, 4) is 44.7 Å². The first kappa shape index (κ1) is 45.7. The van der Waals surface area contributed by atoms with Crippen LogP contribution < -0.4 is 23.8 Å². The number of halogens is 5. The number of benzene rings is 3. The van der Waals surface area contributed by atoms with Gasteiger partial charge in [0, 0.05) is 87.3 Å². The molecule has 346 valence electrons. The molecule has 2 saturated heterocycles. The lowest BCUT2D eigenvalue weighted by Crippen LogP contribution is -2.49. The van der Waals surface area contributed by atoms with Gasteiger partial charge in [-0.25, -0.2) is 37.9 Å². The van der Waals surface area contributed by atoms with Gasteiger partial charge in [0.1, 0.15) is 47.8 Å². The summed E-state index contributed by atoms with van der Waals surface area (Å²) in [5, 5.41) is 11.8. The van der Waals surface area contributed by atoms with E-state index in [1.165, 1.54) is 29.8 Å². The van der Waals surface area contributed by atoms with E-state index >= 15 is 0 Å². The fourth-order valence-corrected chi connectivity index (χ4v) is 10.2. The second-order valence-corrected chi connectivity index (χ2v) is 18.6. The molecule has 4 aliphatic rings. The van der Waals surface area contributed by atoms with Crippen LogP contribution in [0, 0.1) is 19.7 Å². The van der Waals surface area contributed by atoms with E-state index in [1.54, 1.807) is 47.5 Å². The maximum absolute atomic E-state index is 14.3. The summed E-state index contributed by atoms with van der Waals surface area (Å²) in [6.07, 6.45) is 0.0130. The van der Waals surface area contributed by atoms with Gasteiger partial charge in [-0.05, 0) is 79.5 Å². The lowest BCUT2D eigenvalue weighted by molar-refractivity contribution is -0.145. The van der Waals surface area contributed by atoms with Crippen molar-refractivity contribution in [3.05, 3.63) is 99.3 Å². The number of carbonyl (C=O) groups is 1. The van der Waals surface area contributed by atoms with E-state index in [4.69, 9.17) is 42.1 Å². The highest BCUT2D eigenvalue weighted by Crippen LogP contribution is 2.53. The van der Waals surface area contributed by atoms with Gasteiger partial charge in [-0.15, -0.1) is 11.3 Å². The van der Waals surface area contributed by atoms with E-state index in [-0.39, 0.29) is 61.5 Å². The number of carboxylic acids is 1. The topological polar surface area (TPSA) is 136 Å². The highest BCUT2D eigenvalue weighted by atomic mass is 35.5. The van der Waals surface area contributed by atoms with Crippen LogP contribution in [0.4, 0.5) is 19.1 Å². The van der Waals surface area contributed by atoms with E-state index in [2.05, 4.69) is 36.8 Å². The molecule has 7 heterocycles. The molecule has 1 N–H and O–H groups in total. The maximum atomic E-state index is 14.3. The zero-order valence-electron chi connectivity index (χ0n) is 36.3. The number of thiophene rings is 1. The molecule has 0 unspecified atom stereocenters. The minimum atomic E-state index is -2.72. The van der Waals surface area contributed by atoms with Crippen LogP contribution in [0.2, 0.25) is 10.0 Å². The number of anilines is 1. The Balaban J connectivity index is 1.14. The Morgan fingerprint density at radius 2 is 1.67 bits per heavy atom. The number of aliphatic carboxylic acids is 1. The molecule has 0 spiro atoms. The molecule has 19 heteroatoms. The molecule has 2 atom stereocenters. The van der Waals surface area contributed by atoms with Gasteiger partial charge in [0.2, 0.25) is 17.9 Å². The summed E-state index contributed by atoms with van der Waals surface area (Å²) in [7, 11) is 2.09. The van der Waals surface area contributed by atoms with E-state index in [9.17, 15) is 23.1 Å². The van der Waals surface area contributed by atoms with E-state index in [1.807, 2.05) is 13.8 Å². The number of fused-ring (bicyclic) bond motifs is 7. The predicted octanol–water partition coefficient (Wildman–Crippen LogP) is 9.15. The Bertz CT molecular complexity index is 2740. The van der Waals surface area contributed by atoms with Crippen molar-refractivity contribution in [2.24, 2.45) is 0 Å². The summed E-state index contributed by atoms with van der Waals surface area (Å²) in [4.78, 5) is 38.8. The van der Waals surface area contributed by atoms with Crippen LogP contribution in [0.15, 0.2) is 61.1 Å². The van der Waals surface area contributed by atoms with Gasteiger partial charge >= 0.3 is 5.97 Å². The zero-order chi connectivity index (χ0) is 46.3. The van der Waals surface area contributed by atoms with Crippen LogP contribution in [0.1, 0.15) is 35.2 Å². The highest BCUT2D eigenvalue weighted by Gasteiger charge is 2.35. The van der Waals surface area contributed by atoms with E-state index < -0.39 is 29.9 Å². The van der Waals surface area contributed by atoms with Gasteiger partial charge in [0.05, 0.1) is 21.1 Å². The Kier molecular flexibility index (Phi) is 13.2. The average Bonchev–Trinajstić information content (AvgIpc) is 3.69. The molecular formula is C47H46Cl2F3N7O6S. The molecule has 10 rings (SSSR count). The van der Waals surface area contributed by atoms with Crippen LogP contribution in [-0.2, 0) is 17.8 Å². The molecule has 6 aromatic rings. The number of likely N-dealkylation sites (N-methyl/N-ethyl adjacent to an activating group) is 1. The number of rotatable bonds is 8. The van der Waals surface area contributed by atoms with Gasteiger partial charge < -0.3 is 33.9 Å². The molecule has 4 aliphatic heterocycles. The van der Waals surface area contributed by atoms with Crippen LogP contribution in [0.3, 0.4) is 0 Å². The number of piperidine rings is 1. The first-order valence-electron chi connectivity index (χ1n) is 21.5. The molecular weight excluding hydrogens is 919 g/mol. The molecule has 3 aromatic carbocycles. The highest BCUT2D eigenvalue weighted by molar-refractivity contribution is 7.22. The summed E-state index contributed by atoms with van der Waals surface area (Å²) >= 11 is 15.9. The molecule has 0 aliphatic carbocycles. The van der Waals surface area contributed by atoms with Crippen molar-refractivity contribution in [1.82, 2.24) is 29.7 Å². The first-order chi connectivity index (χ1) is 31.7. The Labute approximate surface area is 393 Å². The number of piperazine rings is 1. The Morgan fingerprint density at radius 1 is 0.939 bits per heavy atom. The third-order valence-electron chi connectivity index (χ3n) is 12.2. The van der Waals surface area contributed by atoms with Crippen LogP contribution in [0.5, 0.6) is 23.1 Å². The second-order valence-electron chi connectivity index (χ2n) is 16.8. The van der Waals surface area contributed by atoms with Crippen molar-refractivity contribution < 1.29 is 42.0 Å². The number of hydrogen-bond donors (Lipinski definition) is 1. The average molecular weight is 965 g/mol. The summed E-state index contributed by atoms with van der Waals surface area (Å²) < 4.78 is 68.3. The summed E-state index contributed by atoms with van der Waals surface area (Å²) in [5.41, 5.74) is 4.09. The maximum Gasteiger partial charge on any atom is 0.345 e. The van der Waals surface area contributed by atoms with Crippen molar-refractivity contribution in [2.45, 2.75) is 57.8 Å². The number of nitrogens with zero attached hydrogens (tertiary/aromatic N) is 7. The summed E-state index contributed by atoms with van der Waals surface area (Å²) in [5.74, 6) is -3.05. The number of alkyl halides is 2. The SMILES string of the molecule is Cc1c(Cl)c2c(Cl)c(C)c1-c1c(-c3ccc(F)cc3)sc3ncnc(c13)O[C@@H](C(=O)O)Cc1cc(ccc1OCc1ccnc(N3CCC(F)(F)CC3)n1)OC[C@@H](CN1CCN(C)CC1)O2. The van der Waals surface area contributed by atoms with Gasteiger partial charge in [0.25, 0.3) is 5.92 Å². The normalized spacial score (nSPS) is 19.2.